The van der Waals surface area contributed by atoms with Gasteiger partial charge in [-0.1, -0.05) is 11.6 Å². The summed E-state index contributed by atoms with van der Waals surface area (Å²) in [7, 11) is 4.32. The topological polar surface area (TPSA) is 87.4 Å². The maximum absolute atomic E-state index is 12.6. The van der Waals surface area contributed by atoms with Crippen LogP contribution in [0.5, 0.6) is 17.2 Å². The Kier molecular flexibility index (Phi) is 5.32. The fourth-order valence-corrected chi connectivity index (χ4v) is 4.94. The van der Waals surface area contributed by atoms with Crippen molar-refractivity contribution in [1.29, 1.82) is 0 Å². The third kappa shape index (κ3) is 3.36. The van der Waals surface area contributed by atoms with E-state index in [-0.39, 0.29) is 17.9 Å². The number of carbonyl (C=O) groups is 1. The number of hydrogen-bond acceptors (Lipinski definition) is 8. The average Bonchev–Trinajstić information content (AvgIpc) is 3.34. The van der Waals surface area contributed by atoms with Gasteiger partial charge in [-0.25, -0.2) is 9.59 Å². The van der Waals surface area contributed by atoms with Crippen LogP contribution in [0.3, 0.4) is 0 Å². The van der Waals surface area contributed by atoms with Crippen molar-refractivity contribution in [3.63, 3.8) is 0 Å². The maximum Gasteiger partial charge on any atom is 0.340 e. The SMILES string of the molecule is COC(=O)c1cc(OC)c(OC)cc1N1COc2c(Cl)cc3c4c(c(=O)oc3c2C1)CCC4. The first-order chi connectivity index (χ1) is 16.0. The van der Waals surface area contributed by atoms with E-state index in [9.17, 15) is 9.59 Å². The summed E-state index contributed by atoms with van der Waals surface area (Å²) < 4.78 is 27.5. The number of fused-ring (bicyclic) bond motifs is 5. The van der Waals surface area contributed by atoms with Crippen LogP contribution in [0.2, 0.25) is 5.02 Å². The van der Waals surface area contributed by atoms with Gasteiger partial charge in [0.25, 0.3) is 0 Å². The summed E-state index contributed by atoms with van der Waals surface area (Å²) in [6.07, 6.45) is 2.42. The van der Waals surface area contributed by atoms with Crippen LogP contribution in [0, 0.1) is 0 Å². The molecule has 1 aliphatic heterocycles. The van der Waals surface area contributed by atoms with Crippen molar-refractivity contribution >= 4 is 34.2 Å². The van der Waals surface area contributed by atoms with Crippen molar-refractivity contribution in [1.82, 2.24) is 0 Å². The summed E-state index contributed by atoms with van der Waals surface area (Å²) >= 11 is 6.57. The fraction of sp³-hybridized carbons (Fsp3) is 0.333. The highest BCUT2D eigenvalue weighted by atomic mass is 35.5. The fourth-order valence-electron chi connectivity index (χ4n) is 4.67. The molecule has 0 radical (unpaired) electrons. The van der Waals surface area contributed by atoms with Crippen molar-refractivity contribution in [2.75, 3.05) is 33.0 Å². The number of carbonyl (C=O) groups excluding carboxylic acids is 1. The summed E-state index contributed by atoms with van der Waals surface area (Å²) in [5.74, 6) is 0.792. The number of anilines is 1. The first-order valence-corrected chi connectivity index (χ1v) is 10.9. The van der Waals surface area contributed by atoms with Gasteiger partial charge in [-0.2, -0.15) is 0 Å². The van der Waals surface area contributed by atoms with Gasteiger partial charge in [-0.15, -0.1) is 0 Å². The third-order valence-electron chi connectivity index (χ3n) is 6.23. The number of esters is 1. The number of benzene rings is 2. The number of rotatable bonds is 4. The van der Waals surface area contributed by atoms with Gasteiger partial charge >= 0.3 is 11.6 Å². The average molecular weight is 472 g/mol. The minimum absolute atomic E-state index is 0.118. The minimum atomic E-state index is -0.531. The van der Waals surface area contributed by atoms with Crippen LogP contribution in [-0.2, 0) is 24.1 Å². The molecule has 2 heterocycles. The van der Waals surface area contributed by atoms with E-state index >= 15 is 0 Å². The quantitative estimate of drug-likeness (QED) is 0.415. The molecule has 0 N–H and O–H groups in total. The Bertz CT molecular complexity index is 1350. The maximum atomic E-state index is 12.6. The predicted molar refractivity (Wildman–Crippen MR) is 122 cm³/mol. The first-order valence-electron chi connectivity index (χ1n) is 10.5. The van der Waals surface area contributed by atoms with Crippen LogP contribution in [0.15, 0.2) is 27.4 Å². The van der Waals surface area contributed by atoms with Crippen molar-refractivity contribution in [3.8, 4) is 17.2 Å². The molecule has 5 rings (SSSR count). The largest absolute Gasteiger partial charge is 0.493 e. The Morgan fingerprint density at radius 1 is 1.03 bits per heavy atom. The second kappa shape index (κ2) is 8.19. The predicted octanol–water partition coefficient (Wildman–Crippen LogP) is 4.10. The molecule has 1 aliphatic carbocycles. The van der Waals surface area contributed by atoms with E-state index in [4.69, 9.17) is 35.0 Å². The van der Waals surface area contributed by atoms with Gasteiger partial charge in [0.2, 0.25) is 0 Å². The van der Waals surface area contributed by atoms with Crippen LogP contribution in [-0.4, -0.2) is 34.0 Å². The molecule has 9 heteroatoms. The zero-order valence-corrected chi connectivity index (χ0v) is 19.2. The van der Waals surface area contributed by atoms with E-state index in [1.807, 2.05) is 11.0 Å². The summed E-state index contributed by atoms with van der Waals surface area (Å²) in [5.41, 5.74) is 3.33. The van der Waals surface area contributed by atoms with Crippen molar-refractivity contribution in [2.24, 2.45) is 0 Å². The lowest BCUT2D eigenvalue weighted by molar-refractivity contribution is 0.0600. The lowest BCUT2D eigenvalue weighted by Gasteiger charge is -2.33. The lowest BCUT2D eigenvalue weighted by atomic mass is 10.0. The molecule has 0 saturated heterocycles. The van der Waals surface area contributed by atoms with Crippen LogP contribution in [0.1, 0.15) is 33.5 Å². The number of ether oxygens (including phenoxy) is 4. The van der Waals surface area contributed by atoms with Crippen molar-refractivity contribution in [3.05, 3.63) is 55.9 Å². The van der Waals surface area contributed by atoms with Crippen LogP contribution < -0.4 is 24.7 Å². The van der Waals surface area contributed by atoms with Gasteiger partial charge in [-0.3, -0.25) is 0 Å². The minimum Gasteiger partial charge on any atom is -0.493 e. The Morgan fingerprint density at radius 3 is 2.48 bits per heavy atom. The van der Waals surface area contributed by atoms with Gasteiger partial charge in [0.15, 0.2) is 18.2 Å². The summed E-state index contributed by atoms with van der Waals surface area (Å²) in [4.78, 5) is 27.0. The highest BCUT2D eigenvalue weighted by Gasteiger charge is 2.30. The number of hydrogen-bond donors (Lipinski definition) is 0. The molecule has 2 aliphatic rings. The number of methoxy groups -OCH3 is 3. The molecule has 0 spiro atoms. The molecule has 0 atom stereocenters. The molecule has 0 saturated carbocycles. The monoisotopic (exact) mass is 471 g/mol. The van der Waals surface area contributed by atoms with Gasteiger partial charge in [0, 0.05) is 23.1 Å². The van der Waals surface area contributed by atoms with Crippen LogP contribution >= 0.6 is 11.6 Å². The molecule has 1 aromatic heterocycles. The molecule has 0 amide bonds. The number of nitrogens with zero attached hydrogens (tertiary/aromatic N) is 1. The van der Waals surface area contributed by atoms with Gasteiger partial charge < -0.3 is 28.3 Å². The molecule has 8 nitrogen and oxygen atoms in total. The Labute approximate surface area is 194 Å². The number of halogens is 1. The molecular weight excluding hydrogens is 450 g/mol. The van der Waals surface area contributed by atoms with E-state index in [1.54, 1.807) is 12.1 Å². The lowest BCUT2D eigenvalue weighted by Crippen LogP contribution is -2.33. The second-order valence-electron chi connectivity index (χ2n) is 7.93. The third-order valence-corrected chi connectivity index (χ3v) is 6.51. The summed E-state index contributed by atoms with van der Waals surface area (Å²) in [6.45, 7) is 0.417. The second-order valence-corrected chi connectivity index (χ2v) is 8.34. The highest BCUT2D eigenvalue weighted by Crippen LogP contribution is 2.43. The highest BCUT2D eigenvalue weighted by molar-refractivity contribution is 6.33. The zero-order valence-electron chi connectivity index (χ0n) is 18.5. The van der Waals surface area contributed by atoms with Crippen molar-refractivity contribution < 1.29 is 28.2 Å². The van der Waals surface area contributed by atoms with E-state index in [0.717, 1.165) is 29.4 Å². The molecule has 2 aromatic carbocycles. The van der Waals surface area contributed by atoms with Crippen LogP contribution in [0.4, 0.5) is 5.69 Å². The molecule has 0 bridgehead atoms. The van der Waals surface area contributed by atoms with Gasteiger partial charge in [0.1, 0.15) is 11.3 Å². The zero-order chi connectivity index (χ0) is 23.3. The van der Waals surface area contributed by atoms with E-state index in [2.05, 4.69) is 0 Å². The standard InChI is InChI=1S/C24H22ClNO7/c1-29-19-8-15(23(27)31-3)18(9-20(19)30-2)26-10-16-21-14(7-17(25)22(16)32-11-26)12-5-4-6-13(12)24(28)33-21/h7-9H,4-6,10-11H2,1-3H3. The Balaban J connectivity index is 1.67. The van der Waals surface area contributed by atoms with Crippen LogP contribution in [0.25, 0.3) is 11.0 Å². The summed E-state index contributed by atoms with van der Waals surface area (Å²) in [6, 6.07) is 5.08. The molecular formula is C24H22ClNO7. The first kappa shape index (κ1) is 21.5. The van der Waals surface area contributed by atoms with E-state index < -0.39 is 5.97 Å². The summed E-state index contributed by atoms with van der Waals surface area (Å²) in [5, 5.41) is 1.29. The van der Waals surface area contributed by atoms with Crippen molar-refractivity contribution in [2.45, 2.75) is 25.8 Å². The van der Waals surface area contributed by atoms with E-state index in [1.165, 1.54) is 21.3 Å². The molecule has 3 aromatic rings. The molecule has 172 valence electrons. The molecule has 0 fully saturated rings. The van der Waals surface area contributed by atoms with Gasteiger partial charge in [0.05, 0.1) is 49.7 Å². The smallest absolute Gasteiger partial charge is 0.340 e. The van der Waals surface area contributed by atoms with E-state index in [0.29, 0.717) is 52.1 Å². The molecule has 33 heavy (non-hydrogen) atoms. The normalized spacial score (nSPS) is 14.5. The molecule has 0 unspecified atom stereocenters. The van der Waals surface area contributed by atoms with Gasteiger partial charge in [-0.05, 0) is 30.9 Å². The Morgan fingerprint density at radius 2 is 1.76 bits per heavy atom. The number of aryl methyl sites for hydroxylation is 1. The Hall–Kier alpha value is -3.39.